The predicted molar refractivity (Wildman–Crippen MR) is 81.2 cm³/mol. The van der Waals surface area contributed by atoms with Crippen LogP contribution in [0.1, 0.15) is 68.8 Å². The lowest BCUT2D eigenvalue weighted by Crippen LogP contribution is -2.48. The Morgan fingerprint density at radius 2 is 2.16 bits per heavy atom. The molecule has 2 heteroatoms. The summed E-state index contributed by atoms with van der Waals surface area (Å²) in [6.07, 6.45) is 4.52. The number of benzene rings is 1. The number of fused-ring (bicyclic) bond motifs is 1. The quantitative estimate of drug-likeness (QED) is 0.747. The molecule has 1 aromatic carbocycles. The van der Waals surface area contributed by atoms with E-state index < -0.39 is 0 Å². The van der Waals surface area contributed by atoms with Gasteiger partial charge in [0.2, 0.25) is 0 Å². The van der Waals surface area contributed by atoms with Crippen molar-refractivity contribution in [2.75, 3.05) is 11.4 Å². The maximum absolute atomic E-state index is 11.0. The Morgan fingerprint density at radius 3 is 2.79 bits per heavy atom. The van der Waals surface area contributed by atoms with Gasteiger partial charge < -0.3 is 4.90 Å². The van der Waals surface area contributed by atoms with E-state index in [1.54, 1.807) is 0 Å². The maximum Gasteiger partial charge on any atom is 0.150 e. The van der Waals surface area contributed by atoms with Crippen LogP contribution in [0.5, 0.6) is 0 Å². The Kier molecular flexibility index (Phi) is 3.98. The van der Waals surface area contributed by atoms with E-state index in [1.165, 1.54) is 24.1 Å². The van der Waals surface area contributed by atoms with Crippen LogP contribution in [0, 0.1) is 0 Å². The number of carbonyl (C=O) groups is 1. The molecule has 2 nitrogen and oxygen atoms in total. The number of aldehydes is 1. The number of rotatable bonds is 4. The first-order chi connectivity index (χ1) is 8.99. The summed E-state index contributed by atoms with van der Waals surface area (Å²) in [4.78, 5) is 13.5. The lowest BCUT2D eigenvalue weighted by atomic mass is 9.79. The highest BCUT2D eigenvalue weighted by atomic mass is 16.1. The summed E-state index contributed by atoms with van der Waals surface area (Å²) in [6, 6.07) is 6.15. The highest BCUT2D eigenvalue weighted by Crippen LogP contribution is 2.43. The van der Waals surface area contributed by atoms with Gasteiger partial charge in [-0.05, 0) is 56.4 Å². The van der Waals surface area contributed by atoms with Gasteiger partial charge in [-0.3, -0.25) is 4.79 Å². The lowest BCUT2D eigenvalue weighted by molar-refractivity contribution is 0.112. The molecule has 19 heavy (non-hydrogen) atoms. The van der Waals surface area contributed by atoms with E-state index in [9.17, 15) is 4.79 Å². The Bertz CT molecular complexity index is 464. The first kappa shape index (κ1) is 14.1. The summed E-state index contributed by atoms with van der Waals surface area (Å²) in [7, 11) is 0. The number of unbranched alkanes of at least 4 members (excludes halogenated alkanes) is 1. The summed E-state index contributed by atoms with van der Waals surface area (Å²) in [5.41, 5.74) is 3.65. The van der Waals surface area contributed by atoms with Crippen LogP contribution in [0.25, 0.3) is 0 Å². The monoisotopic (exact) mass is 259 g/mol. The normalized spacial score (nSPS) is 21.1. The summed E-state index contributed by atoms with van der Waals surface area (Å²) < 4.78 is 0. The molecule has 1 aliphatic heterocycles. The summed E-state index contributed by atoms with van der Waals surface area (Å²) >= 11 is 0. The fourth-order valence-electron chi connectivity index (χ4n) is 3.32. The number of nitrogens with zero attached hydrogens (tertiary/aromatic N) is 1. The second-order valence-corrected chi connectivity index (χ2v) is 6.36. The van der Waals surface area contributed by atoms with Crippen LogP contribution in [0.3, 0.4) is 0 Å². The van der Waals surface area contributed by atoms with Crippen molar-refractivity contribution in [1.82, 2.24) is 0 Å². The van der Waals surface area contributed by atoms with Crippen molar-refractivity contribution in [2.45, 2.75) is 58.4 Å². The molecule has 2 rings (SSSR count). The summed E-state index contributed by atoms with van der Waals surface area (Å²) in [6.45, 7) is 10.3. The minimum absolute atomic E-state index is 0.199. The summed E-state index contributed by atoms with van der Waals surface area (Å²) in [5.74, 6) is 0.516. The molecule has 0 saturated carbocycles. The Hall–Kier alpha value is -1.31. The highest BCUT2D eigenvalue weighted by molar-refractivity contribution is 5.77. The molecule has 0 saturated heterocycles. The molecule has 0 radical (unpaired) electrons. The SMILES string of the molecule is CCCCN1c2ccc(C=O)cc2[C@H](C)CC1(C)C. The Labute approximate surface area is 116 Å². The zero-order chi connectivity index (χ0) is 14.0. The molecule has 0 bridgehead atoms. The standard InChI is InChI=1S/C17H25NO/c1-5-6-9-18-16-8-7-14(12-19)10-15(16)13(2)11-17(18,3)4/h7-8,10,12-13H,5-6,9,11H2,1-4H3/t13-/m1/s1. The largest absolute Gasteiger partial charge is 0.366 e. The van der Waals surface area contributed by atoms with Crippen molar-refractivity contribution < 1.29 is 4.79 Å². The first-order valence-electron chi connectivity index (χ1n) is 7.36. The molecule has 0 aromatic heterocycles. The van der Waals surface area contributed by atoms with Crippen LogP contribution in [0.2, 0.25) is 0 Å². The third-order valence-electron chi connectivity index (χ3n) is 4.28. The molecule has 104 valence electrons. The fourth-order valence-corrected chi connectivity index (χ4v) is 3.32. The van der Waals surface area contributed by atoms with Crippen molar-refractivity contribution in [2.24, 2.45) is 0 Å². The Morgan fingerprint density at radius 1 is 1.42 bits per heavy atom. The zero-order valence-electron chi connectivity index (χ0n) is 12.6. The van der Waals surface area contributed by atoms with Crippen LogP contribution in [0.4, 0.5) is 5.69 Å². The van der Waals surface area contributed by atoms with Crippen LogP contribution < -0.4 is 4.90 Å². The molecule has 1 aromatic rings. The molecule has 1 aliphatic rings. The number of hydrogen-bond donors (Lipinski definition) is 0. The summed E-state index contributed by atoms with van der Waals surface area (Å²) in [5, 5.41) is 0. The average Bonchev–Trinajstić information content (AvgIpc) is 2.37. The van der Waals surface area contributed by atoms with Crippen molar-refractivity contribution >= 4 is 12.0 Å². The fraction of sp³-hybridized carbons (Fsp3) is 0.588. The first-order valence-corrected chi connectivity index (χ1v) is 7.36. The lowest BCUT2D eigenvalue weighted by Gasteiger charge is -2.47. The molecule has 1 atom stereocenters. The van der Waals surface area contributed by atoms with E-state index in [2.05, 4.69) is 44.7 Å². The van der Waals surface area contributed by atoms with Gasteiger partial charge in [-0.15, -0.1) is 0 Å². The van der Waals surface area contributed by atoms with Crippen molar-refractivity contribution in [3.8, 4) is 0 Å². The number of anilines is 1. The maximum atomic E-state index is 11.0. The van der Waals surface area contributed by atoms with Crippen molar-refractivity contribution in [3.05, 3.63) is 29.3 Å². The van der Waals surface area contributed by atoms with E-state index in [1.807, 2.05) is 6.07 Å². The average molecular weight is 259 g/mol. The van der Waals surface area contributed by atoms with E-state index in [4.69, 9.17) is 0 Å². The van der Waals surface area contributed by atoms with Crippen LogP contribution >= 0.6 is 0 Å². The predicted octanol–water partition coefficient (Wildman–Crippen LogP) is 4.39. The smallest absolute Gasteiger partial charge is 0.150 e. The van der Waals surface area contributed by atoms with Gasteiger partial charge in [0, 0.05) is 23.3 Å². The molecule has 0 N–H and O–H groups in total. The zero-order valence-corrected chi connectivity index (χ0v) is 12.6. The molecule has 0 aliphatic carbocycles. The van der Waals surface area contributed by atoms with Crippen molar-refractivity contribution in [3.63, 3.8) is 0 Å². The van der Waals surface area contributed by atoms with Gasteiger partial charge in [-0.1, -0.05) is 20.3 Å². The molecule has 1 heterocycles. The minimum atomic E-state index is 0.199. The van der Waals surface area contributed by atoms with E-state index in [0.29, 0.717) is 5.92 Å². The number of hydrogen-bond acceptors (Lipinski definition) is 2. The second kappa shape index (κ2) is 5.36. The van der Waals surface area contributed by atoms with Crippen molar-refractivity contribution in [1.29, 1.82) is 0 Å². The molecular weight excluding hydrogens is 234 g/mol. The van der Waals surface area contributed by atoms with Gasteiger partial charge in [0.15, 0.2) is 0 Å². The Balaban J connectivity index is 2.43. The molecule has 0 unspecified atom stereocenters. The van der Waals surface area contributed by atoms with E-state index >= 15 is 0 Å². The van der Waals surface area contributed by atoms with Gasteiger partial charge >= 0.3 is 0 Å². The minimum Gasteiger partial charge on any atom is -0.366 e. The molecular formula is C17H25NO. The van der Waals surface area contributed by atoms with Crippen LogP contribution in [0.15, 0.2) is 18.2 Å². The number of carbonyl (C=O) groups excluding carboxylic acids is 1. The van der Waals surface area contributed by atoms with Crippen LogP contribution in [-0.4, -0.2) is 18.4 Å². The molecule has 0 amide bonds. The van der Waals surface area contributed by atoms with Gasteiger partial charge in [0.1, 0.15) is 6.29 Å². The van der Waals surface area contributed by atoms with Gasteiger partial charge in [0.05, 0.1) is 0 Å². The van der Waals surface area contributed by atoms with Gasteiger partial charge in [0.25, 0.3) is 0 Å². The topological polar surface area (TPSA) is 20.3 Å². The molecule has 0 fully saturated rings. The third-order valence-corrected chi connectivity index (χ3v) is 4.28. The second-order valence-electron chi connectivity index (χ2n) is 6.36. The third kappa shape index (κ3) is 2.68. The van der Waals surface area contributed by atoms with Gasteiger partial charge in [-0.2, -0.15) is 0 Å². The van der Waals surface area contributed by atoms with Crippen LogP contribution in [-0.2, 0) is 0 Å². The van der Waals surface area contributed by atoms with Gasteiger partial charge in [-0.25, -0.2) is 0 Å². The van der Waals surface area contributed by atoms with E-state index in [-0.39, 0.29) is 5.54 Å². The highest BCUT2D eigenvalue weighted by Gasteiger charge is 2.35. The molecule has 0 spiro atoms. The van der Waals surface area contributed by atoms with E-state index in [0.717, 1.165) is 24.8 Å².